The highest BCUT2D eigenvalue weighted by Crippen LogP contribution is 2.30. The van der Waals surface area contributed by atoms with Gasteiger partial charge < -0.3 is 24.1 Å². The quantitative estimate of drug-likeness (QED) is 0.329. The van der Waals surface area contributed by atoms with Crippen molar-refractivity contribution >= 4 is 17.8 Å². The van der Waals surface area contributed by atoms with E-state index < -0.39 is 17.3 Å². The highest BCUT2D eigenvalue weighted by atomic mass is 16.5. The van der Waals surface area contributed by atoms with Crippen molar-refractivity contribution in [3.8, 4) is 23.0 Å². The van der Waals surface area contributed by atoms with Gasteiger partial charge in [0.25, 0.3) is 0 Å². The molecule has 27 heavy (non-hydrogen) atoms. The smallest absolute Gasteiger partial charge is 0.339 e. The van der Waals surface area contributed by atoms with Crippen LogP contribution in [0.4, 0.5) is 0 Å². The number of carboxylic acids is 1. The van der Waals surface area contributed by atoms with Crippen molar-refractivity contribution in [1.82, 2.24) is 0 Å². The lowest BCUT2D eigenvalue weighted by Crippen LogP contribution is -2.13. The van der Waals surface area contributed by atoms with Gasteiger partial charge in [0, 0.05) is 6.07 Å². The molecule has 0 amide bonds. The average molecular weight is 372 g/mol. The normalized spacial score (nSPS) is 10.9. The molecule has 0 radical (unpaired) electrons. The predicted molar refractivity (Wildman–Crippen MR) is 99.0 cm³/mol. The molecule has 0 fully saturated rings. The summed E-state index contributed by atoms with van der Waals surface area (Å²) < 4.78 is 20.7. The van der Waals surface area contributed by atoms with E-state index in [1.54, 1.807) is 24.3 Å². The second-order valence-corrected chi connectivity index (χ2v) is 5.37. The van der Waals surface area contributed by atoms with Gasteiger partial charge in [0.2, 0.25) is 5.78 Å². The number of carbonyl (C=O) groups excluding carboxylic acids is 1. The van der Waals surface area contributed by atoms with Crippen molar-refractivity contribution < 1.29 is 33.6 Å². The molecule has 0 saturated heterocycles. The molecule has 0 aliphatic carbocycles. The van der Waals surface area contributed by atoms with E-state index in [4.69, 9.17) is 18.9 Å². The SMILES string of the molecule is COc1ccc(C(=O)/C(=C/c2ccc(OC)c(OC)c2)C(=O)O)c(OC)c1. The van der Waals surface area contributed by atoms with Crippen LogP contribution in [0.15, 0.2) is 42.0 Å². The first-order valence-corrected chi connectivity index (χ1v) is 7.88. The van der Waals surface area contributed by atoms with Gasteiger partial charge in [-0.15, -0.1) is 0 Å². The molecule has 0 aliphatic rings. The van der Waals surface area contributed by atoms with Crippen molar-refractivity contribution in [1.29, 1.82) is 0 Å². The summed E-state index contributed by atoms with van der Waals surface area (Å²) in [6.45, 7) is 0. The van der Waals surface area contributed by atoms with E-state index in [-0.39, 0.29) is 11.3 Å². The zero-order valence-corrected chi connectivity index (χ0v) is 15.4. The van der Waals surface area contributed by atoms with Gasteiger partial charge in [-0.25, -0.2) is 4.79 Å². The number of methoxy groups -OCH3 is 4. The number of rotatable bonds is 8. The molecule has 2 rings (SSSR count). The summed E-state index contributed by atoms with van der Waals surface area (Å²) in [4.78, 5) is 24.5. The topological polar surface area (TPSA) is 91.3 Å². The van der Waals surface area contributed by atoms with E-state index >= 15 is 0 Å². The number of ketones is 1. The summed E-state index contributed by atoms with van der Waals surface area (Å²) in [5.74, 6) is -0.410. The Hall–Kier alpha value is -3.48. The van der Waals surface area contributed by atoms with Crippen molar-refractivity contribution in [2.24, 2.45) is 0 Å². The first kappa shape index (κ1) is 19.8. The first-order valence-electron chi connectivity index (χ1n) is 7.88. The van der Waals surface area contributed by atoms with Crippen molar-refractivity contribution in [2.75, 3.05) is 28.4 Å². The highest BCUT2D eigenvalue weighted by molar-refractivity contribution is 6.27. The average Bonchev–Trinajstić information content (AvgIpc) is 2.70. The molecular formula is C20H20O7. The van der Waals surface area contributed by atoms with Crippen molar-refractivity contribution in [3.05, 3.63) is 53.1 Å². The Labute approximate surface area is 156 Å². The van der Waals surface area contributed by atoms with Crippen molar-refractivity contribution in [2.45, 2.75) is 0 Å². The molecule has 0 spiro atoms. The van der Waals surface area contributed by atoms with E-state index in [9.17, 15) is 14.7 Å². The Morgan fingerprint density at radius 3 is 2.04 bits per heavy atom. The van der Waals surface area contributed by atoms with Gasteiger partial charge in [-0.3, -0.25) is 4.79 Å². The van der Waals surface area contributed by atoms with Gasteiger partial charge in [-0.2, -0.15) is 0 Å². The van der Waals surface area contributed by atoms with Gasteiger partial charge in [0.1, 0.15) is 17.1 Å². The maximum absolute atomic E-state index is 12.8. The molecule has 7 nitrogen and oxygen atoms in total. The van der Waals surface area contributed by atoms with Gasteiger partial charge in [0.15, 0.2) is 11.5 Å². The summed E-state index contributed by atoms with van der Waals surface area (Å²) in [5.41, 5.74) is 0.184. The maximum atomic E-state index is 12.8. The maximum Gasteiger partial charge on any atom is 0.339 e. The van der Waals surface area contributed by atoms with Crippen LogP contribution in [0.25, 0.3) is 6.08 Å². The molecule has 2 aromatic carbocycles. The molecule has 0 unspecified atom stereocenters. The second-order valence-electron chi connectivity index (χ2n) is 5.37. The summed E-state index contributed by atoms with van der Waals surface area (Å²) in [7, 11) is 5.84. The molecule has 7 heteroatoms. The monoisotopic (exact) mass is 372 g/mol. The number of carboxylic acid groups (broad SMARTS) is 1. The molecule has 2 aromatic rings. The Morgan fingerprint density at radius 1 is 0.815 bits per heavy atom. The van der Waals surface area contributed by atoms with Gasteiger partial charge in [-0.1, -0.05) is 6.07 Å². The van der Waals surface area contributed by atoms with E-state index in [1.165, 1.54) is 46.6 Å². The lowest BCUT2D eigenvalue weighted by molar-refractivity contribution is -0.132. The lowest BCUT2D eigenvalue weighted by atomic mass is 9.99. The van der Waals surface area contributed by atoms with Crippen LogP contribution >= 0.6 is 0 Å². The van der Waals surface area contributed by atoms with Crippen LogP contribution in [-0.4, -0.2) is 45.3 Å². The molecule has 0 atom stereocenters. The zero-order chi connectivity index (χ0) is 20.0. The predicted octanol–water partition coefficient (Wildman–Crippen LogP) is 3.07. The standard InChI is InChI=1S/C20H20O7/c1-24-13-6-7-14(17(11-13)26-3)19(21)15(20(22)23)9-12-5-8-16(25-2)18(10-12)27-4/h5-11H,1-4H3,(H,22,23)/b15-9-. The van der Waals surface area contributed by atoms with Crippen LogP contribution in [0.5, 0.6) is 23.0 Å². The molecule has 0 heterocycles. The van der Waals surface area contributed by atoms with Gasteiger partial charge in [0.05, 0.1) is 34.0 Å². The minimum Gasteiger partial charge on any atom is -0.497 e. The van der Waals surface area contributed by atoms with Crippen LogP contribution in [0.3, 0.4) is 0 Å². The van der Waals surface area contributed by atoms with Crippen molar-refractivity contribution in [3.63, 3.8) is 0 Å². The van der Waals surface area contributed by atoms with E-state index in [0.29, 0.717) is 22.8 Å². The minimum atomic E-state index is -1.35. The van der Waals surface area contributed by atoms with E-state index in [1.807, 2.05) is 0 Å². The first-order chi connectivity index (χ1) is 12.9. The molecule has 0 bridgehead atoms. The van der Waals surface area contributed by atoms with E-state index in [0.717, 1.165) is 0 Å². The minimum absolute atomic E-state index is 0.118. The van der Waals surface area contributed by atoms with Crippen LogP contribution in [-0.2, 0) is 4.79 Å². The van der Waals surface area contributed by atoms with Crippen LogP contribution in [0.2, 0.25) is 0 Å². The fourth-order valence-corrected chi connectivity index (χ4v) is 2.46. The number of Topliss-reactive ketones (excluding diaryl/α,β-unsaturated/α-hetero) is 1. The van der Waals surface area contributed by atoms with Gasteiger partial charge in [-0.05, 0) is 35.9 Å². The van der Waals surface area contributed by atoms with Crippen LogP contribution in [0, 0.1) is 0 Å². The number of benzene rings is 2. The number of carbonyl (C=O) groups is 2. The molecular weight excluding hydrogens is 352 g/mol. The largest absolute Gasteiger partial charge is 0.497 e. The van der Waals surface area contributed by atoms with E-state index in [2.05, 4.69) is 0 Å². The summed E-state index contributed by atoms with van der Waals surface area (Å²) in [6.07, 6.45) is 1.27. The number of aliphatic carboxylic acids is 1. The molecule has 0 saturated carbocycles. The molecule has 0 aromatic heterocycles. The number of hydrogen-bond donors (Lipinski definition) is 1. The summed E-state index contributed by atoms with van der Waals surface area (Å²) >= 11 is 0. The second kappa shape index (κ2) is 8.75. The number of ether oxygens (including phenoxy) is 4. The lowest BCUT2D eigenvalue weighted by Gasteiger charge is -2.11. The fraction of sp³-hybridized carbons (Fsp3) is 0.200. The molecule has 1 N–H and O–H groups in total. The Kier molecular flexibility index (Phi) is 6.43. The third-order valence-corrected chi connectivity index (χ3v) is 3.85. The highest BCUT2D eigenvalue weighted by Gasteiger charge is 2.23. The zero-order valence-electron chi connectivity index (χ0n) is 15.4. The fourth-order valence-electron chi connectivity index (χ4n) is 2.46. The Balaban J connectivity index is 2.50. The van der Waals surface area contributed by atoms with Crippen LogP contribution in [0.1, 0.15) is 15.9 Å². The van der Waals surface area contributed by atoms with Crippen LogP contribution < -0.4 is 18.9 Å². The summed E-state index contributed by atoms with van der Waals surface area (Å²) in [5, 5.41) is 9.55. The molecule has 142 valence electrons. The van der Waals surface area contributed by atoms with Gasteiger partial charge >= 0.3 is 5.97 Å². The third-order valence-electron chi connectivity index (χ3n) is 3.85. The third kappa shape index (κ3) is 4.38. The number of hydrogen-bond acceptors (Lipinski definition) is 6. The summed E-state index contributed by atoms with van der Waals surface area (Å²) in [6, 6.07) is 9.38. The Bertz CT molecular complexity index is 884. The Morgan fingerprint density at radius 2 is 1.48 bits per heavy atom. The molecule has 0 aliphatic heterocycles.